The van der Waals surface area contributed by atoms with Crippen LogP contribution < -0.4 is 0 Å². The Hall–Kier alpha value is -0.163. The smallest absolute Gasteiger partial charge is 0.192 e. The molecule has 0 aromatic heterocycles. The van der Waals surface area contributed by atoms with Crippen molar-refractivity contribution in [2.75, 3.05) is 6.61 Å². The second-order valence-corrected chi connectivity index (χ2v) is 10.8. The van der Waals surface area contributed by atoms with Crippen LogP contribution in [0.2, 0.25) is 18.1 Å². The lowest BCUT2D eigenvalue weighted by molar-refractivity contribution is -0.0861. The van der Waals surface area contributed by atoms with Crippen LogP contribution in [0.25, 0.3) is 0 Å². The number of hydrogen-bond acceptors (Lipinski definition) is 3. The Labute approximate surface area is 99.6 Å². The Balaban J connectivity index is 2.50. The zero-order valence-electron chi connectivity index (χ0n) is 11.2. The summed E-state index contributed by atoms with van der Waals surface area (Å²) in [4.78, 5) is 0. The number of ether oxygens (including phenoxy) is 1. The molecule has 1 heterocycles. The molecule has 0 saturated carbocycles. The van der Waals surface area contributed by atoms with Crippen molar-refractivity contribution in [3.63, 3.8) is 0 Å². The largest absolute Gasteiger partial charge is 0.414 e. The molecule has 0 aromatic rings. The fraction of sp³-hybridized carbons (Fsp3) is 0.833. The molecule has 0 fully saturated rings. The van der Waals surface area contributed by atoms with E-state index < -0.39 is 14.6 Å². The highest BCUT2D eigenvalue weighted by molar-refractivity contribution is 6.74. The van der Waals surface area contributed by atoms with Gasteiger partial charge in [-0.2, -0.15) is 0 Å². The van der Waals surface area contributed by atoms with Gasteiger partial charge in [-0.3, -0.25) is 0 Å². The van der Waals surface area contributed by atoms with Gasteiger partial charge in [0.25, 0.3) is 0 Å². The van der Waals surface area contributed by atoms with Crippen molar-refractivity contribution >= 4 is 8.32 Å². The Kier molecular flexibility index (Phi) is 4.00. The minimum Gasteiger partial charge on any atom is -0.414 e. The first-order valence-corrected chi connectivity index (χ1v) is 8.70. The summed E-state index contributed by atoms with van der Waals surface area (Å²) in [7, 11) is -1.71. The Bertz CT molecular complexity index is 278. The molecule has 1 aliphatic rings. The highest BCUT2D eigenvalue weighted by Gasteiger charge is 2.38. The third-order valence-corrected chi connectivity index (χ3v) is 8.12. The van der Waals surface area contributed by atoms with Gasteiger partial charge in [0.15, 0.2) is 14.6 Å². The van der Waals surface area contributed by atoms with Gasteiger partial charge >= 0.3 is 0 Å². The molecule has 0 radical (unpaired) electrons. The second-order valence-electron chi connectivity index (χ2n) is 6.00. The minimum atomic E-state index is -1.71. The van der Waals surface area contributed by atoms with E-state index in [0.717, 1.165) is 5.57 Å². The summed E-state index contributed by atoms with van der Waals surface area (Å²) in [5.41, 5.74) is 1.06. The lowest BCUT2D eigenvalue weighted by atomic mass is 10.2. The van der Waals surface area contributed by atoms with Gasteiger partial charge in [0.05, 0.1) is 6.61 Å². The quantitative estimate of drug-likeness (QED) is 0.613. The van der Waals surface area contributed by atoms with Gasteiger partial charge in [0.1, 0.15) is 6.10 Å². The molecular weight excluding hydrogens is 220 g/mol. The molecule has 0 aromatic carbocycles. The van der Waals surface area contributed by atoms with Gasteiger partial charge in [-0.15, -0.1) is 0 Å². The van der Waals surface area contributed by atoms with Crippen LogP contribution in [0.1, 0.15) is 27.7 Å². The molecule has 2 atom stereocenters. The summed E-state index contributed by atoms with van der Waals surface area (Å²) < 4.78 is 11.4. The molecule has 0 bridgehead atoms. The van der Waals surface area contributed by atoms with Gasteiger partial charge in [0.2, 0.25) is 0 Å². The lowest BCUT2D eigenvalue weighted by Crippen LogP contribution is -2.42. The second kappa shape index (κ2) is 4.60. The highest BCUT2D eigenvalue weighted by atomic mass is 28.4. The van der Waals surface area contributed by atoms with E-state index in [2.05, 4.69) is 33.9 Å². The van der Waals surface area contributed by atoms with E-state index in [9.17, 15) is 5.11 Å². The van der Waals surface area contributed by atoms with Crippen LogP contribution in [0.15, 0.2) is 11.6 Å². The zero-order valence-corrected chi connectivity index (χ0v) is 12.2. The van der Waals surface area contributed by atoms with Gasteiger partial charge in [-0.25, -0.2) is 0 Å². The average Bonchev–Trinajstić information content (AvgIpc) is 2.39. The fourth-order valence-corrected chi connectivity index (χ4v) is 2.32. The third kappa shape index (κ3) is 3.17. The number of aliphatic hydroxyl groups is 1. The molecule has 0 amide bonds. The number of aliphatic hydroxyl groups excluding tert-OH is 1. The molecule has 94 valence electrons. The van der Waals surface area contributed by atoms with Crippen molar-refractivity contribution in [2.45, 2.75) is 58.2 Å². The van der Waals surface area contributed by atoms with E-state index in [4.69, 9.17) is 9.16 Å². The molecule has 1 N–H and O–H groups in total. The van der Waals surface area contributed by atoms with Crippen LogP contribution in [-0.2, 0) is 9.16 Å². The molecule has 1 rings (SSSR count). The summed E-state index contributed by atoms with van der Waals surface area (Å²) >= 11 is 0. The zero-order chi connectivity index (χ0) is 12.6. The summed E-state index contributed by atoms with van der Waals surface area (Å²) in [5.74, 6) is 0. The molecule has 1 unspecified atom stereocenters. The van der Waals surface area contributed by atoms with E-state index in [1.807, 2.05) is 6.92 Å². The summed E-state index contributed by atoms with van der Waals surface area (Å²) in [6, 6.07) is 0. The van der Waals surface area contributed by atoms with E-state index >= 15 is 0 Å². The van der Waals surface area contributed by atoms with E-state index in [1.165, 1.54) is 0 Å². The van der Waals surface area contributed by atoms with Gasteiger partial charge in [0, 0.05) is 0 Å². The summed E-state index contributed by atoms with van der Waals surface area (Å²) in [6.45, 7) is 13.6. The van der Waals surface area contributed by atoms with Crippen LogP contribution in [0.5, 0.6) is 0 Å². The maximum atomic E-state index is 9.32. The van der Waals surface area contributed by atoms with Crippen molar-refractivity contribution in [2.24, 2.45) is 0 Å². The van der Waals surface area contributed by atoms with Crippen molar-refractivity contribution in [1.29, 1.82) is 0 Å². The van der Waals surface area contributed by atoms with Crippen molar-refractivity contribution in [3.8, 4) is 0 Å². The van der Waals surface area contributed by atoms with E-state index in [1.54, 1.807) is 6.08 Å². The summed E-state index contributed by atoms with van der Waals surface area (Å²) in [5, 5.41) is 9.53. The van der Waals surface area contributed by atoms with E-state index in [0.29, 0.717) is 6.61 Å². The lowest BCUT2D eigenvalue weighted by Gasteiger charge is -2.37. The van der Waals surface area contributed by atoms with Gasteiger partial charge in [-0.05, 0) is 36.7 Å². The third-order valence-electron chi connectivity index (χ3n) is 3.62. The first-order valence-electron chi connectivity index (χ1n) is 5.79. The predicted octanol–water partition coefficient (Wildman–Crippen LogP) is 2.67. The van der Waals surface area contributed by atoms with Crippen molar-refractivity contribution in [3.05, 3.63) is 11.6 Å². The van der Waals surface area contributed by atoms with Crippen LogP contribution in [0.4, 0.5) is 0 Å². The first-order chi connectivity index (χ1) is 7.13. The molecule has 0 saturated heterocycles. The van der Waals surface area contributed by atoms with Crippen LogP contribution in [-0.4, -0.2) is 32.4 Å². The molecular formula is C12H24O3Si. The first kappa shape index (κ1) is 13.9. The number of hydrogen-bond donors (Lipinski definition) is 1. The molecule has 3 nitrogen and oxygen atoms in total. The summed E-state index contributed by atoms with van der Waals surface area (Å²) in [6.07, 6.45) is 0.900. The monoisotopic (exact) mass is 244 g/mol. The van der Waals surface area contributed by atoms with Crippen LogP contribution >= 0.6 is 0 Å². The SMILES string of the molecule is CC1=CC(O)O[C@@H]1CO[Si](C)(C)C(C)(C)C. The van der Waals surface area contributed by atoms with Gasteiger partial charge in [-0.1, -0.05) is 20.8 Å². The molecule has 1 aliphatic heterocycles. The standard InChI is InChI=1S/C12H24O3Si/c1-9-7-11(13)15-10(9)8-14-16(5,6)12(2,3)4/h7,10-11,13H,8H2,1-6H3/t10-,11?/m1/s1. The molecule has 0 spiro atoms. The van der Waals surface area contributed by atoms with Crippen molar-refractivity contribution < 1.29 is 14.3 Å². The number of rotatable bonds is 3. The topological polar surface area (TPSA) is 38.7 Å². The van der Waals surface area contributed by atoms with Crippen LogP contribution in [0.3, 0.4) is 0 Å². The maximum absolute atomic E-state index is 9.32. The highest BCUT2D eigenvalue weighted by Crippen LogP contribution is 2.37. The van der Waals surface area contributed by atoms with Crippen molar-refractivity contribution in [1.82, 2.24) is 0 Å². The fourth-order valence-electron chi connectivity index (χ4n) is 1.32. The predicted molar refractivity (Wildman–Crippen MR) is 67.8 cm³/mol. The molecule has 4 heteroatoms. The molecule has 0 aliphatic carbocycles. The van der Waals surface area contributed by atoms with E-state index in [-0.39, 0.29) is 11.1 Å². The van der Waals surface area contributed by atoms with Gasteiger partial charge < -0.3 is 14.3 Å². The van der Waals surface area contributed by atoms with Crippen LogP contribution in [0, 0.1) is 0 Å². The Morgan fingerprint density at radius 1 is 1.44 bits per heavy atom. The average molecular weight is 244 g/mol. The molecule has 16 heavy (non-hydrogen) atoms. The Morgan fingerprint density at radius 3 is 2.38 bits per heavy atom. The minimum absolute atomic E-state index is 0.0795. The maximum Gasteiger partial charge on any atom is 0.192 e. The normalized spacial score (nSPS) is 27.1. The Morgan fingerprint density at radius 2 is 2.00 bits per heavy atom.